The number of aromatic nitrogens is 4. The number of nitrogens with zero attached hydrogens (tertiary/aromatic N) is 4. The number of rotatable bonds is 8. The summed E-state index contributed by atoms with van der Waals surface area (Å²) < 4.78 is 0. The summed E-state index contributed by atoms with van der Waals surface area (Å²) in [6, 6.07) is 6.67. The normalized spacial score (nSPS) is 12.5. The van der Waals surface area contributed by atoms with Crippen LogP contribution in [0.15, 0.2) is 18.2 Å². The van der Waals surface area contributed by atoms with Gasteiger partial charge in [0.1, 0.15) is 8.07 Å². The summed E-state index contributed by atoms with van der Waals surface area (Å²) in [6.45, 7) is 24.5. The summed E-state index contributed by atoms with van der Waals surface area (Å²) in [5.74, 6) is 15.7. The Labute approximate surface area is 317 Å². The molecule has 0 radical (unpaired) electrons. The van der Waals surface area contributed by atoms with Gasteiger partial charge in [-0.1, -0.05) is 121 Å². The first-order valence-electron chi connectivity index (χ1n) is 18.8. The van der Waals surface area contributed by atoms with Crippen LogP contribution in [0.25, 0.3) is 44.4 Å². The largest absolute Gasteiger partial charge is 2.00 e. The van der Waals surface area contributed by atoms with Crippen molar-refractivity contribution in [3.63, 3.8) is 0 Å². The first-order valence-corrected chi connectivity index (χ1v) is 22.3. The molecule has 0 aliphatic carbocycles. The summed E-state index contributed by atoms with van der Waals surface area (Å²) in [6.07, 6.45) is 7.04. The van der Waals surface area contributed by atoms with E-state index in [9.17, 15) is 0 Å². The van der Waals surface area contributed by atoms with E-state index in [1.807, 2.05) is 0 Å². The molecule has 4 nitrogen and oxygen atoms in total. The van der Waals surface area contributed by atoms with E-state index in [2.05, 4.69) is 128 Å². The molecule has 0 aromatic carbocycles. The smallest absolute Gasteiger partial charge is 0.657 e. The van der Waals surface area contributed by atoms with E-state index in [-0.39, 0.29) is 16.5 Å². The molecule has 2 aliphatic heterocycles. The van der Waals surface area contributed by atoms with E-state index in [1.165, 1.54) is 44.5 Å². The van der Waals surface area contributed by atoms with E-state index < -0.39 is 8.07 Å². The van der Waals surface area contributed by atoms with E-state index >= 15 is 0 Å². The first-order chi connectivity index (χ1) is 24.1. The Morgan fingerprint density at radius 1 is 0.510 bits per heavy atom. The van der Waals surface area contributed by atoms with Crippen molar-refractivity contribution in [2.24, 2.45) is 0 Å². The van der Waals surface area contributed by atoms with Crippen LogP contribution >= 0.6 is 0 Å². The van der Waals surface area contributed by atoms with Crippen LogP contribution in [0.2, 0.25) is 19.6 Å². The maximum atomic E-state index is 5.43. The minimum absolute atomic E-state index is 0. The average molecular weight is 736 g/mol. The average Bonchev–Trinajstić information content (AvgIpc) is 3.82. The van der Waals surface area contributed by atoms with E-state index in [0.717, 1.165) is 102 Å². The molecular weight excluding hydrogens is 683 g/mol. The quantitative estimate of drug-likeness (QED) is 0.171. The second-order valence-electron chi connectivity index (χ2n) is 13.9. The molecule has 0 N–H and O–H groups in total. The number of fused-ring (bicyclic) bond motifs is 8. The van der Waals surface area contributed by atoms with Gasteiger partial charge in [-0.2, -0.15) is 0 Å². The third kappa shape index (κ3) is 7.92. The van der Waals surface area contributed by atoms with Gasteiger partial charge in [-0.05, 0) is 97.3 Å². The Bertz CT molecular complexity index is 2250. The second-order valence-corrected chi connectivity index (χ2v) is 18.7. The summed E-state index contributed by atoms with van der Waals surface area (Å²) in [7, 11) is -1.52. The van der Waals surface area contributed by atoms with Gasteiger partial charge in [-0.25, -0.2) is 9.97 Å². The van der Waals surface area contributed by atoms with Crippen molar-refractivity contribution in [2.75, 3.05) is 0 Å². The Hall–Kier alpha value is -4.01. The van der Waals surface area contributed by atoms with E-state index in [0.29, 0.717) is 0 Å². The van der Waals surface area contributed by atoms with E-state index in [1.54, 1.807) is 0 Å². The van der Waals surface area contributed by atoms with Crippen LogP contribution in [-0.2, 0) is 42.2 Å². The summed E-state index contributed by atoms with van der Waals surface area (Å²) in [5.41, 5.74) is 22.1. The van der Waals surface area contributed by atoms with Crippen LogP contribution in [0.3, 0.4) is 0 Å². The maximum Gasteiger partial charge on any atom is 2.00 e. The fourth-order valence-electron chi connectivity index (χ4n) is 7.51. The Morgan fingerprint density at radius 3 is 1.41 bits per heavy atom. The van der Waals surface area contributed by atoms with Crippen molar-refractivity contribution in [1.29, 1.82) is 0 Å². The molecule has 0 spiro atoms. The molecule has 0 atom stereocenters. The summed E-state index contributed by atoms with van der Waals surface area (Å²) in [5, 5.41) is 0. The Morgan fingerprint density at radius 2 is 0.941 bits per heavy atom. The van der Waals surface area contributed by atoms with Gasteiger partial charge in [-0.15, -0.1) is 27.6 Å². The third-order valence-corrected chi connectivity index (χ3v) is 10.6. The molecule has 2 aliphatic rings. The zero-order valence-corrected chi connectivity index (χ0v) is 34.5. The van der Waals surface area contributed by atoms with Gasteiger partial charge < -0.3 is 9.97 Å². The zero-order valence-electron chi connectivity index (χ0n) is 32.5. The van der Waals surface area contributed by atoms with Crippen LogP contribution in [0, 0.1) is 35.1 Å². The SMILES string of the molecule is CCC1=C(CC)c2cc3[n-]c(c(C#CC#CC#C[Si](C)(C)C)c4nc(cc5[n-]c(cc1n2)c(CC)c5CC)C(CC)=C4CC)c(CC)c3CC.[Ni+2]. The first kappa shape index (κ1) is 39.8. The zero-order chi connectivity index (χ0) is 36.2. The Kier molecular flexibility index (Phi) is 13.3. The molecule has 266 valence electrons. The van der Waals surface area contributed by atoms with Gasteiger partial charge in [0.05, 0.1) is 22.8 Å². The molecule has 3 aromatic rings. The molecule has 6 heteroatoms. The predicted octanol–water partition coefficient (Wildman–Crippen LogP) is 10.5. The van der Waals surface area contributed by atoms with Gasteiger partial charge in [-0.3, -0.25) is 0 Å². The van der Waals surface area contributed by atoms with Crippen molar-refractivity contribution >= 4 is 52.4 Å². The number of allylic oxidation sites excluding steroid dienone is 4. The van der Waals surface area contributed by atoms with Gasteiger partial charge in [0, 0.05) is 5.56 Å². The number of hydrogen-bond acceptors (Lipinski definition) is 2. The van der Waals surface area contributed by atoms with Crippen LogP contribution < -0.4 is 9.97 Å². The molecular formula is C45H52N4NiSi. The number of hydrogen-bond donors (Lipinski definition) is 0. The van der Waals surface area contributed by atoms with Gasteiger partial charge in [0.2, 0.25) is 0 Å². The van der Waals surface area contributed by atoms with Crippen molar-refractivity contribution in [1.82, 2.24) is 19.9 Å². The molecule has 5 rings (SSSR count). The van der Waals surface area contributed by atoms with Crippen molar-refractivity contribution < 1.29 is 16.5 Å². The van der Waals surface area contributed by atoms with E-state index in [4.69, 9.17) is 19.9 Å². The summed E-state index contributed by atoms with van der Waals surface area (Å²) >= 11 is 0. The molecule has 51 heavy (non-hydrogen) atoms. The van der Waals surface area contributed by atoms with Gasteiger partial charge in [0.25, 0.3) is 0 Å². The molecule has 0 unspecified atom stereocenters. The number of aryl methyl sites for hydroxylation is 4. The monoisotopic (exact) mass is 734 g/mol. The minimum Gasteiger partial charge on any atom is -0.657 e. The molecule has 5 heterocycles. The van der Waals surface area contributed by atoms with Crippen molar-refractivity contribution in [3.8, 4) is 35.1 Å². The van der Waals surface area contributed by atoms with Crippen molar-refractivity contribution in [2.45, 2.75) is 126 Å². The van der Waals surface area contributed by atoms with Crippen LogP contribution in [0.4, 0.5) is 0 Å². The molecule has 0 saturated heterocycles. The maximum absolute atomic E-state index is 5.43. The van der Waals surface area contributed by atoms with Crippen LogP contribution in [0.5, 0.6) is 0 Å². The Balaban J connectivity index is 0.00000583. The predicted molar refractivity (Wildman–Crippen MR) is 217 cm³/mol. The second kappa shape index (κ2) is 17.0. The standard InChI is InChI=1S/C45H52N4Si.Ni/c1-12-29-31(14-3)40-27-42-33(16-5)35(18-7)44(48-42)37(24-22-20-21-23-25-50(9,10)11)45-36(19-8)34(17-6)43(49-45)28-41-32(15-4)30(13-2)39(47-41)26-38(29)46-40;/h26-28H,12-19H2,1-11H3;/q-2;+2. The minimum atomic E-state index is -1.52. The molecule has 8 bridgehead atoms. The van der Waals surface area contributed by atoms with Crippen LogP contribution in [-0.4, -0.2) is 18.0 Å². The van der Waals surface area contributed by atoms with Gasteiger partial charge in [0.15, 0.2) is 0 Å². The molecule has 0 fully saturated rings. The third-order valence-electron chi connectivity index (χ3n) is 9.77. The molecule has 0 amide bonds. The topological polar surface area (TPSA) is 54.0 Å². The fraction of sp³-hybridized carbons (Fsp3) is 0.422. The van der Waals surface area contributed by atoms with Gasteiger partial charge >= 0.3 is 16.5 Å². The molecule has 0 saturated carbocycles. The van der Waals surface area contributed by atoms with Crippen molar-refractivity contribution in [3.05, 3.63) is 68.8 Å². The van der Waals surface area contributed by atoms with Crippen LogP contribution in [0.1, 0.15) is 132 Å². The summed E-state index contributed by atoms with van der Waals surface area (Å²) in [4.78, 5) is 21.5. The molecule has 3 aromatic heterocycles. The fourth-order valence-corrected chi connectivity index (χ4v) is 7.94.